The van der Waals surface area contributed by atoms with Crippen LogP contribution in [-0.2, 0) is 0 Å². The molecule has 0 aliphatic carbocycles. The summed E-state index contributed by atoms with van der Waals surface area (Å²) in [5.41, 5.74) is 2.32. The summed E-state index contributed by atoms with van der Waals surface area (Å²) in [6.45, 7) is 2.26. The second-order valence-corrected chi connectivity index (χ2v) is 4.94. The summed E-state index contributed by atoms with van der Waals surface area (Å²) in [4.78, 5) is 2.41. The molecule has 1 aromatic carbocycles. The third-order valence-corrected chi connectivity index (χ3v) is 3.39. The van der Waals surface area contributed by atoms with E-state index in [9.17, 15) is 0 Å². The predicted octanol–water partition coefficient (Wildman–Crippen LogP) is 2.73. The van der Waals surface area contributed by atoms with Crippen LogP contribution in [0.3, 0.4) is 0 Å². The number of halogens is 1. The quantitative estimate of drug-likeness (QED) is 0.515. The smallest absolute Gasteiger partial charge is 0.0559 e. The van der Waals surface area contributed by atoms with Gasteiger partial charge in [-0.15, -0.1) is 0 Å². The van der Waals surface area contributed by atoms with E-state index < -0.39 is 0 Å². The molecular weight excluding hydrogens is 266 g/mol. The van der Waals surface area contributed by atoms with E-state index in [0.717, 1.165) is 23.1 Å². The summed E-state index contributed by atoms with van der Waals surface area (Å²) in [7, 11) is 0. The van der Waals surface area contributed by atoms with E-state index in [1.54, 1.807) is 6.21 Å². The lowest BCUT2D eigenvalue weighted by Gasteiger charge is -2.30. The second kappa shape index (κ2) is 5.34. The summed E-state index contributed by atoms with van der Waals surface area (Å²) >= 11 is 3.47. The van der Waals surface area contributed by atoms with Crippen molar-refractivity contribution in [2.45, 2.75) is 19.3 Å². The zero-order chi connectivity index (χ0) is 11.4. The fourth-order valence-electron chi connectivity index (χ4n) is 2.13. The van der Waals surface area contributed by atoms with E-state index in [4.69, 9.17) is 5.84 Å². The van der Waals surface area contributed by atoms with Crippen molar-refractivity contribution in [1.82, 2.24) is 0 Å². The van der Waals surface area contributed by atoms with Crippen LogP contribution in [0.15, 0.2) is 27.8 Å². The first kappa shape index (κ1) is 11.5. The zero-order valence-corrected chi connectivity index (χ0v) is 10.8. The summed E-state index contributed by atoms with van der Waals surface area (Å²) in [6.07, 6.45) is 5.60. The molecule has 4 heteroatoms. The van der Waals surface area contributed by atoms with Crippen molar-refractivity contribution in [1.29, 1.82) is 0 Å². The zero-order valence-electron chi connectivity index (χ0n) is 9.19. The highest BCUT2D eigenvalue weighted by Crippen LogP contribution is 2.26. The molecule has 1 aliphatic heterocycles. The lowest BCUT2D eigenvalue weighted by atomic mass is 10.1. The standard InChI is InChI=1S/C12H16BrN3/c13-11-4-5-12(10(8-11)9-15-14)16-6-2-1-3-7-16/h4-5,8-9H,1-3,6-7,14H2. The van der Waals surface area contributed by atoms with Crippen LogP contribution < -0.4 is 10.7 Å². The summed E-state index contributed by atoms with van der Waals surface area (Å²) in [5, 5.41) is 3.63. The van der Waals surface area contributed by atoms with Gasteiger partial charge in [-0.3, -0.25) is 0 Å². The molecule has 2 rings (SSSR count). The van der Waals surface area contributed by atoms with Gasteiger partial charge in [0.25, 0.3) is 0 Å². The minimum absolute atomic E-state index is 1.06. The maximum Gasteiger partial charge on any atom is 0.0559 e. The Labute approximate surface area is 104 Å². The third-order valence-electron chi connectivity index (χ3n) is 2.90. The monoisotopic (exact) mass is 281 g/mol. The van der Waals surface area contributed by atoms with Gasteiger partial charge in [0.15, 0.2) is 0 Å². The number of hydrazone groups is 1. The molecule has 0 amide bonds. The first-order chi connectivity index (χ1) is 7.81. The van der Waals surface area contributed by atoms with Gasteiger partial charge >= 0.3 is 0 Å². The van der Waals surface area contributed by atoms with Gasteiger partial charge in [-0.25, -0.2) is 0 Å². The summed E-state index contributed by atoms with van der Waals surface area (Å²) in [5.74, 6) is 5.24. The maximum absolute atomic E-state index is 5.24. The summed E-state index contributed by atoms with van der Waals surface area (Å²) in [6, 6.07) is 6.25. The molecule has 1 heterocycles. The number of piperidine rings is 1. The molecule has 3 nitrogen and oxygen atoms in total. The van der Waals surface area contributed by atoms with Crippen molar-refractivity contribution in [2.75, 3.05) is 18.0 Å². The van der Waals surface area contributed by atoms with Gasteiger partial charge < -0.3 is 10.7 Å². The fraction of sp³-hybridized carbons (Fsp3) is 0.417. The number of hydrogen-bond donors (Lipinski definition) is 1. The Morgan fingerprint density at radius 2 is 2.00 bits per heavy atom. The van der Waals surface area contributed by atoms with Crippen LogP contribution in [0.5, 0.6) is 0 Å². The molecule has 0 spiro atoms. The van der Waals surface area contributed by atoms with Gasteiger partial charge in [-0.05, 0) is 37.5 Å². The molecule has 86 valence electrons. The van der Waals surface area contributed by atoms with Crippen molar-refractivity contribution in [3.05, 3.63) is 28.2 Å². The lowest BCUT2D eigenvalue weighted by Crippen LogP contribution is -2.30. The Hall–Kier alpha value is -1.03. The molecule has 0 radical (unpaired) electrons. The first-order valence-electron chi connectivity index (χ1n) is 5.59. The number of nitrogens with two attached hydrogens (primary N) is 1. The highest BCUT2D eigenvalue weighted by atomic mass is 79.9. The predicted molar refractivity (Wildman–Crippen MR) is 72.0 cm³/mol. The van der Waals surface area contributed by atoms with Crippen LogP contribution in [0.1, 0.15) is 24.8 Å². The summed E-state index contributed by atoms with van der Waals surface area (Å²) < 4.78 is 1.06. The van der Waals surface area contributed by atoms with Gasteiger partial charge in [0.2, 0.25) is 0 Å². The molecule has 0 aromatic heterocycles. The SMILES string of the molecule is NN=Cc1cc(Br)ccc1N1CCCCC1. The minimum atomic E-state index is 1.06. The van der Waals surface area contributed by atoms with Crippen molar-refractivity contribution < 1.29 is 0 Å². The van der Waals surface area contributed by atoms with Crippen LogP contribution in [0.2, 0.25) is 0 Å². The highest BCUT2D eigenvalue weighted by molar-refractivity contribution is 9.10. The second-order valence-electron chi connectivity index (χ2n) is 4.03. The number of rotatable bonds is 2. The molecule has 16 heavy (non-hydrogen) atoms. The van der Waals surface area contributed by atoms with E-state index in [-0.39, 0.29) is 0 Å². The Kier molecular flexibility index (Phi) is 3.83. The van der Waals surface area contributed by atoms with E-state index in [1.165, 1.54) is 24.9 Å². The average Bonchev–Trinajstić information content (AvgIpc) is 2.31. The molecular formula is C12H16BrN3. The van der Waals surface area contributed by atoms with E-state index >= 15 is 0 Å². The molecule has 0 bridgehead atoms. The molecule has 1 aromatic rings. The Bertz CT molecular complexity index is 384. The number of benzene rings is 1. The molecule has 1 saturated heterocycles. The number of anilines is 1. The molecule has 0 unspecified atom stereocenters. The third kappa shape index (κ3) is 2.55. The highest BCUT2D eigenvalue weighted by Gasteiger charge is 2.13. The average molecular weight is 282 g/mol. The molecule has 1 fully saturated rings. The van der Waals surface area contributed by atoms with Gasteiger partial charge in [-0.1, -0.05) is 15.9 Å². The maximum atomic E-state index is 5.24. The Morgan fingerprint density at radius 1 is 1.25 bits per heavy atom. The van der Waals surface area contributed by atoms with E-state index in [0.29, 0.717) is 0 Å². The van der Waals surface area contributed by atoms with Crippen LogP contribution in [0.25, 0.3) is 0 Å². The van der Waals surface area contributed by atoms with Crippen LogP contribution in [-0.4, -0.2) is 19.3 Å². The fourth-order valence-corrected chi connectivity index (χ4v) is 2.51. The van der Waals surface area contributed by atoms with E-state index in [2.05, 4.69) is 44.1 Å². The number of nitrogens with zero attached hydrogens (tertiary/aromatic N) is 2. The van der Waals surface area contributed by atoms with Gasteiger partial charge in [0.05, 0.1) is 6.21 Å². The van der Waals surface area contributed by atoms with Crippen molar-refractivity contribution in [3.8, 4) is 0 Å². The van der Waals surface area contributed by atoms with E-state index in [1.807, 2.05) is 0 Å². The normalized spacial score (nSPS) is 16.9. The van der Waals surface area contributed by atoms with Gasteiger partial charge in [0, 0.05) is 28.8 Å². The molecule has 2 N–H and O–H groups in total. The van der Waals surface area contributed by atoms with Crippen LogP contribution in [0.4, 0.5) is 5.69 Å². The molecule has 0 atom stereocenters. The largest absolute Gasteiger partial charge is 0.371 e. The lowest BCUT2D eigenvalue weighted by molar-refractivity contribution is 0.577. The molecule has 1 aliphatic rings. The molecule has 0 saturated carbocycles. The van der Waals surface area contributed by atoms with Gasteiger partial charge in [-0.2, -0.15) is 5.10 Å². The van der Waals surface area contributed by atoms with Crippen LogP contribution >= 0.6 is 15.9 Å². The Balaban J connectivity index is 2.30. The van der Waals surface area contributed by atoms with Crippen LogP contribution in [0, 0.1) is 0 Å². The van der Waals surface area contributed by atoms with Crippen molar-refractivity contribution in [2.24, 2.45) is 10.9 Å². The first-order valence-corrected chi connectivity index (χ1v) is 6.38. The Morgan fingerprint density at radius 3 is 2.69 bits per heavy atom. The number of hydrogen-bond acceptors (Lipinski definition) is 3. The van der Waals surface area contributed by atoms with Gasteiger partial charge in [0.1, 0.15) is 0 Å². The minimum Gasteiger partial charge on any atom is -0.371 e. The van der Waals surface area contributed by atoms with Crippen molar-refractivity contribution in [3.63, 3.8) is 0 Å². The topological polar surface area (TPSA) is 41.6 Å². The van der Waals surface area contributed by atoms with Crippen molar-refractivity contribution >= 4 is 27.8 Å².